The summed E-state index contributed by atoms with van der Waals surface area (Å²) in [4.78, 5) is 14.7. The van der Waals surface area contributed by atoms with E-state index in [0.29, 0.717) is 5.91 Å². The van der Waals surface area contributed by atoms with Gasteiger partial charge in [0.25, 0.3) is 0 Å². The van der Waals surface area contributed by atoms with Crippen LogP contribution in [0.15, 0.2) is 24.3 Å². The molecule has 0 aromatic heterocycles. The highest BCUT2D eigenvalue weighted by Crippen LogP contribution is 2.22. The van der Waals surface area contributed by atoms with Crippen LogP contribution in [0, 0.1) is 5.92 Å². The number of rotatable bonds is 2. The van der Waals surface area contributed by atoms with Gasteiger partial charge in [0.15, 0.2) is 0 Å². The van der Waals surface area contributed by atoms with Gasteiger partial charge in [0.2, 0.25) is 5.91 Å². The van der Waals surface area contributed by atoms with Crippen molar-refractivity contribution in [2.75, 3.05) is 13.1 Å². The van der Waals surface area contributed by atoms with Crippen LogP contribution < -0.4 is 5.32 Å². The van der Waals surface area contributed by atoms with E-state index in [2.05, 4.69) is 41.4 Å². The molecule has 20 heavy (non-hydrogen) atoms. The van der Waals surface area contributed by atoms with Gasteiger partial charge in [-0.25, -0.2) is 0 Å². The van der Waals surface area contributed by atoms with Gasteiger partial charge < -0.3 is 10.2 Å². The fourth-order valence-corrected chi connectivity index (χ4v) is 3.41. The fourth-order valence-electron chi connectivity index (χ4n) is 3.41. The Hall–Kier alpha value is -1.35. The van der Waals surface area contributed by atoms with Crippen LogP contribution in [-0.2, 0) is 17.8 Å². The molecular formula is C17H24N2O. The number of hydrogen-bond acceptors (Lipinski definition) is 2. The first kappa shape index (κ1) is 13.6. The molecule has 3 rings (SSSR count). The van der Waals surface area contributed by atoms with E-state index in [-0.39, 0.29) is 6.04 Å². The number of benzene rings is 1. The molecule has 1 N–H and O–H groups in total. The Morgan fingerprint density at radius 3 is 2.65 bits per heavy atom. The average Bonchev–Trinajstić information content (AvgIpc) is 2.54. The lowest BCUT2D eigenvalue weighted by molar-refractivity contribution is -0.135. The molecule has 1 saturated heterocycles. The number of carbonyl (C=O) groups is 1. The molecule has 1 fully saturated rings. The van der Waals surface area contributed by atoms with E-state index >= 15 is 0 Å². The summed E-state index contributed by atoms with van der Waals surface area (Å²) in [6.45, 7) is 4.95. The van der Waals surface area contributed by atoms with Crippen molar-refractivity contribution in [3.8, 4) is 0 Å². The summed E-state index contributed by atoms with van der Waals surface area (Å²) in [7, 11) is 0. The van der Waals surface area contributed by atoms with E-state index < -0.39 is 0 Å². The number of nitrogens with one attached hydrogen (secondary N) is 1. The van der Waals surface area contributed by atoms with Gasteiger partial charge in [-0.05, 0) is 36.3 Å². The molecule has 0 aliphatic carbocycles. The Morgan fingerprint density at radius 2 is 1.95 bits per heavy atom. The van der Waals surface area contributed by atoms with Crippen LogP contribution in [0.4, 0.5) is 0 Å². The monoisotopic (exact) mass is 272 g/mol. The van der Waals surface area contributed by atoms with Crippen molar-refractivity contribution in [1.82, 2.24) is 10.2 Å². The van der Waals surface area contributed by atoms with Gasteiger partial charge in [-0.15, -0.1) is 0 Å². The third-order valence-electron chi connectivity index (χ3n) is 4.88. The zero-order valence-electron chi connectivity index (χ0n) is 12.3. The third-order valence-corrected chi connectivity index (χ3v) is 4.88. The van der Waals surface area contributed by atoms with E-state index in [1.165, 1.54) is 30.4 Å². The van der Waals surface area contributed by atoms with Crippen molar-refractivity contribution in [1.29, 1.82) is 0 Å². The zero-order valence-corrected chi connectivity index (χ0v) is 12.3. The van der Waals surface area contributed by atoms with Gasteiger partial charge in [-0.1, -0.05) is 37.6 Å². The molecule has 108 valence electrons. The molecule has 1 amide bonds. The van der Waals surface area contributed by atoms with Crippen LogP contribution in [0.2, 0.25) is 0 Å². The minimum atomic E-state index is -0.0249. The number of carbonyl (C=O) groups excluding carboxylic acids is 1. The predicted molar refractivity (Wildman–Crippen MR) is 80.4 cm³/mol. The molecular weight excluding hydrogens is 248 g/mol. The average molecular weight is 272 g/mol. The van der Waals surface area contributed by atoms with Crippen LogP contribution in [0.1, 0.15) is 37.3 Å². The first-order valence-electron chi connectivity index (χ1n) is 7.87. The Labute approximate surface area is 121 Å². The normalized spacial score (nSPS) is 23.4. The Bertz CT molecular complexity index is 478. The second kappa shape index (κ2) is 5.96. The number of hydrogen-bond donors (Lipinski definition) is 1. The molecule has 2 aliphatic heterocycles. The molecule has 3 heteroatoms. The molecule has 0 saturated carbocycles. The maximum atomic E-state index is 12.6. The molecule has 2 aliphatic rings. The third kappa shape index (κ3) is 2.73. The van der Waals surface area contributed by atoms with Crippen molar-refractivity contribution < 1.29 is 4.79 Å². The highest BCUT2D eigenvalue weighted by molar-refractivity contribution is 5.82. The minimum absolute atomic E-state index is 0.0249. The second-order valence-corrected chi connectivity index (χ2v) is 6.08. The van der Waals surface area contributed by atoms with E-state index in [9.17, 15) is 4.79 Å². The maximum absolute atomic E-state index is 12.6. The van der Waals surface area contributed by atoms with Crippen molar-refractivity contribution in [2.24, 2.45) is 5.92 Å². The number of piperidine rings is 1. The topological polar surface area (TPSA) is 32.3 Å². The number of amides is 1. The maximum Gasteiger partial charge on any atom is 0.240 e. The quantitative estimate of drug-likeness (QED) is 0.896. The minimum Gasteiger partial charge on any atom is -0.341 e. The van der Waals surface area contributed by atoms with Crippen LogP contribution in [-0.4, -0.2) is 29.9 Å². The lowest BCUT2D eigenvalue weighted by Gasteiger charge is -2.35. The van der Waals surface area contributed by atoms with E-state index in [1.807, 2.05) is 0 Å². The van der Waals surface area contributed by atoms with Gasteiger partial charge in [0, 0.05) is 19.6 Å². The lowest BCUT2D eigenvalue weighted by atomic mass is 9.92. The van der Waals surface area contributed by atoms with Gasteiger partial charge >= 0.3 is 0 Å². The van der Waals surface area contributed by atoms with Gasteiger partial charge in [-0.2, -0.15) is 0 Å². The van der Waals surface area contributed by atoms with Crippen molar-refractivity contribution >= 4 is 5.91 Å². The van der Waals surface area contributed by atoms with Crippen LogP contribution >= 0.6 is 0 Å². The van der Waals surface area contributed by atoms with Crippen LogP contribution in [0.5, 0.6) is 0 Å². The number of nitrogens with zero attached hydrogens (tertiary/aromatic N) is 1. The molecule has 2 heterocycles. The van der Waals surface area contributed by atoms with E-state index in [1.54, 1.807) is 0 Å². The number of likely N-dealkylation sites (tertiary alicyclic amines) is 1. The summed E-state index contributed by atoms with van der Waals surface area (Å²) in [5.74, 6) is 1.12. The van der Waals surface area contributed by atoms with Gasteiger partial charge in [0.05, 0.1) is 6.04 Å². The molecule has 3 nitrogen and oxygen atoms in total. The SMILES string of the molecule is CCC1CCN(C(=O)C2Cc3ccccc3CN2)CC1. The summed E-state index contributed by atoms with van der Waals surface area (Å²) < 4.78 is 0. The van der Waals surface area contributed by atoms with Gasteiger partial charge in [0.1, 0.15) is 0 Å². The summed E-state index contributed by atoms with van der Waals surface area (Å²) >= 11 is 0. The predicted octanol–water partition coefficient (Wildman–Crippen LogP) is 2.35. The van der Waals surface area contributed by atoms with Crippen molar-refractivity contribution in [2.45, 2.75) is 45.2 Å². The summed E-state index contributed by atoms with van der Waals surface area (Å²) in [6.07, 6.45) is 4.43. The smallest absolute Gasteiger partial charge is 0.240 e. The Morgan fingerprint density at radius 1 is 1.25 bits per heavy atom. The lowest BCUT2D eigenvalue weighted by Crippen LogP contribution is -2.51. The van der Waals surface area contributed by atoms with Crippen LogP contribution in [0.25, 0.3) is 0 Å². The second-order valence-electron chi connectivity index (χ2n) is 6.08. The van der Waals surface area contributed by atoms with Crippen LogP contribution in [0.3, 0.4) is 0 Å². The van der Waals surface area contributed by atoms with E-state index in [0.717, 1.165) is 32.0 Å². The Kier molecular flexibility index (Phi) is 4.06. The summed E-state index contributed by atoms with van der Waals surface area (Å²) in [6, 6.07) is 8.41. The number of fused-ring (bicyclic) bond motifs is 1. The molecule has 1 aromatic carbocycles. The molecule has 1 unspecified atom stereocenters. The van der Waals surface area contributed by atoms with Gasteiger partial charge in [-0.3, -0.25) is 4.79 Å². The summed E-state index contributed by atoms with van der Waals surface area (Å²) in [5.41, 5.74) is 2.66. The fraction of sp³-hybridized carbons (Fsp3) is 0.588. The van der Waals surface area contributed by atoms with E-state index in [4.69, 9.17) is 0 Å². The first-order chi connectivity index (χ1) is 9.78. The molecule has 0 bridgehead atoms. The van der Waals surface area contributed by atoms with Crippen molar-refractivity contribution in [3.05, 3.63) is 35.4 Å². The highest BCUT2D eigenvalue weighted by Gasteiger charge is 2.29. The molecule has 0 radical (unpaired) electrons. The Balaban J connectivity index is 1.62. The highest BCUT2D eigenvalue weighted by atomic mass is 16.2. The molecule has 1 aromatic rings. The summed E-state index contributed by atoms with van der Waals surface area (Å²) in [5, 5.41) is 3.41. The molecule has 1 atom stereocenters. The van der Waals surface area contributed by atoms with Crippen molar-refractivity contribution in [3.63, 3.8) is 0 Å². The first-order valence-corrected chi connectivity index (χ1v) is 7.87. The molecule has 0 spiro atoms. The largest absolute Gasteiger partial charge is 0.341 e. The zero-order chi connectivity index (χ0) is 13.9. The standard InChI is InChI=1S/C17H24N2O/c1-2-13-7-9-19(10-8-13)17(20)16-11-14-5-3-4-6-15(14)12-18-16/h3-6,13,16,18H,2,7-12H2,1H3.